The zero-order valence-electron chi connectivity index (χ0n) is 11.0. The summed E-state index contributed by atoms with van der Waals surface area (Å²) in [6.45, 7) is 1.75. The third-order valence-corrected chi connectivity index (χ3v) is 3.20. The highest BCUT2D eigenvalue weighted by Crippen LogP contribution is 2.29. The van der Waals surface area contributed by atoms with Gasteiger partial charge in [-0.25, -0.2) is 9.59 Å². The van der Waals surface area contributed by atoms with E-state index in [1.165, 1.54) is 6.07 Å². The lowest BCUT2D eigenvalue weighted by Gasteiger charge is -2.13. The van der Waals surface area contributed by atoms with Gasteiger partial charge in [-0.1, -0.05) is 43.3 Å². The molecule has 2 rings (SSSR count). The summed E-state index contributed by atoms with van der Waals surface area (Å²) in [6.07, 6.45) is 0.351. The smallest absolute Gasteiger partial charge is 0.336 e. The lowest BCUT2D eigenvalue weighted by atomic mass is 9.90. The second-order valence-corrected chi connectivity index (χ2v) is 4.34. The molecule has 102 valence electrons. The van der Waals surface area contributed by atoms with Crippen molar-refractivity contribution < 1.29 is 19.8 Å². The van der Waals surface area contributed by atoms with E-state index in [1.54, 1.807) is 13.0 Å². The van der Waals surface area contributed by atoms with E-state index in [-0.39, 0.29) is 11.1 Å². The van der Waals surface area contributed by atoms with Crippen LogP contribution in [0.3, 0.4) is 0 Å². The van der Waals surface area contributed by atoms with E-state index < -0.39 is 11.9 Å². The molecular formula is C16H14O4. The fourth-order valence-corrected chi connectivity index (χ4v) is 2.32. The molecule has 2 aromatic rings. The molecule has 0 aliphatic rings. The van der Waals surface area contributed by atoms with Gasteiger partial charge in [0.25, 0.3) is 0 Å². The van der Waals surface area contributed by atoms with E-state index >= 15 is 0 Å². The fraction of sp³-hybridized carbons (Fsp3) is 0.125. The van der Waals surface area contributed by atoms with Gasteiger partial charge in [0.1, 0.15) is 0 Å². The van der Waals surface area contributed by atoms with Crippen LogP contribution in [-0.4, -0.2) is 22.2 Å². The van der Waals surface area contributed by atoms with Gasteiger partial charge in [-0.3, -0.25) is 0 Å². The Kier molecular flexibility index (Phi) is 3.84. The zero-order valence-corrected chi connectivity index (χ0v) is 11.0. The monoisotopic (exact) mass is 270 g/mol. The second-order valence-electron chi connectivity index (χ2n) is 4.34. The van der Waals surface area contributed by atoms with Gasteiger partial charge in [0.2, 0.25) is 0 Å². The van der Waals surface area contributed by atoms with Gasteiger partial charge >= 0.3 is 11.9 Å². The van der Waals surface area contributed by atoms with Crippen LogP contribution >= 0.6 is 0 Å². The quantitative estimate of drug-likeness (QED) is 0.893. The minimum absolute atomic E-state index is 0.0459. The molecule has 0 aromatic heterocycles. The van der Waals surface area contributed by atoms with Crippen molar-refractivity contribution in [2.75, 3.05) is 0 Å². The molecule has 0 fully saturated rings. The Morgan fingerprint density at radius 2 is 1.60 bits per heavy atom. The van der Waals surface area contributed by atoms with Crippen LogP contribution in [-0.2, 0) is 6.42 Å². The van der Waals surface area contributed by atoms with Crippen molar-refractivity contribution in [1.29, 1.82) is 0 Å². The van der Waals surface area contributed by atoms with E-state index in [1.807, 2.05) is 30.3 Å². The van der Waals surface area contributed by atoms with Crippen molar-refractivity contribution in [2.45, 2.75) is 13.3 Å². The third-order valence-electron chi connectivity index (χ3n) is 3.20. The Labute approximate surface area is 116 Å². The predicted molar refractivity (Wildman–Crippen MR) is 75.2 cm³/mol. The maximum absolute atomic E-state index is 11.6. The summed E-state index contributed by atoms with van der Waals surface area (Å²) in [4.78, 5) is 22.8. The van der Waals surface area contributed by atoms with Gasteiger partial charge in [-0.05, 0) is 29.2 Å². The number of carboxylic acid groups (broad SMARTS) is 2. The van der Waals surface area contributed by atoms with Crippen molar-refractivity contribution in [3.05, 3.63) is 59.2 Å². The summed E-state index contributed by atoms with van der Waals surface area (Å²) in [5.41, 5.74) is 1.77. The van der Waals surface area contributed by atoms with E-state index in [2.05, 4.69) is 0 Å². The van der Waals surface area contributed by atoms with Crippen LogP contribution < -0.4 is 0 Å². The van der Waals surface area contributed by atoms with Crippen LogP contribution in [0.5, 0.6) is 0 Å². The maximum Gasteiger partial charge on any atom is 0.336 e. The number of carbonyl (C=O) groups is 2. The molecular weight excluding hydrogens is 256 g/mol. The van der Waals surface area contributed by atoms with Crippen LogP contribution in [0.1, 0.15) is 33.2 Å². The second kappa shape index (κ2) is 5.57. The molecule has 0 unspecified atom stereocenters. The standard InChI is InChI=1S/C16H14O4/c1-2-11-13(15(17)18)9-8-12(14(11)16(19)20)10-6-4-3-5-7-10/h3-9H,2H2,1H3,(H,17,18)(H,19,20). The topological polar surface area (TPSA) is 74.6 Å². The predicted octanol–water partition coefficient (Wildman–Crippen LogP) is 3.31. The lowest BCUT2D eigenvalue weighted by molar-refractivity contribution is 0.0695. The normalized spacial score (nSPS) is 10.2. The molecule has 0 radical (unpaired) electrons. The maximum atomic E-state index is 11.6. The summed E-state index contributed by atoms with van der Waals surface area (Å²) in [7, 11) is 0. The van der Waals surface area contributed by atoms with E-state index in [0.717, 1.165) is 5.56 Å². The first-order valence-electron chi connectivity index (χ1n) is 6.24. The molecule has 2 aromatic carbocycles. The van der Waals surface area contributed by atoms with Gasteiger partial charge in [0.05, 0.1) is 11.1 Å². The van der Waals surface area contributed by atoms with Crippen LogP contribution in [0.2, 0.25) is 0 Å². The highest BCUT2D eigenvalue weighted by Gasteiger charge is 2.21. The summed E-state index contributed by atoms with van der Waals surface area (Å²) < 4.78 is 0. The SMILES string of the molecule is CCc1c(C(=O)O)ccc(-c2ccccc2)c1C(=O)O. The van der Waals surface area contributed by atoms with Gasteiger partial charge in [-0.2, -0.15) is 0 Å². The Morgan fingerprint density at radius 1 is 0.950 bits per heavy atom. The Balaban J connectivity index is 2.77. The molecule has 0 aliphatic carbocycles. The molecule has 0 atom stereocenters. The summed E-state index contributed by atoms with van der Waals surface area (Å²) in [5, 5.41) is 18.6. The molecule has 4 heteroatoms. The summed E-state index contributed by atoms with van der Waals surface area (Å²) in [5.74, 6) is -2.22. The van der Waals surface area contributed by atoms with Gasteiger partial charge in [0, 0.05) is 0 Å². The van der Waals surface area contributed by atoms with Gasteiger partial charge < -0.3 is 10.2 Å². The Hall–Kier alpha value is -2.62. The largest absolute Gasteiger partial charge is 0.478 e. The first kappa shape index (κ1) is 13.8. The molecule has 0 heterocycles. The highest BCUT2D eigenvalue weighted by atomic mass is 16.4. The average molecular weight is 270 g/mol. The molecule has 0 saturated heterocycles. The minimum atomic E-state index is -1.11. The van der Waals surface area contributed by atoms with E-state index in [4.69, 9.17) is 0 Å². The first-order chi connectivity index (χ1) is 9.56. The zero-order chi connectivity index (χ0) is 14.7. The molecule has 4 nitrogen and oxygen atoms in total. The molecule has 0 bridgehead atoms. The fourth-order valence-electron chi connectivity index (χ4n) is 2.32. The third kappa shape index (κ3) is 2.40. The van der Waals surface area contributed by atoms with Crippen molar-refractivity contribution in [3.8, 4) is 11.1 Å². The van der Waals surface area contributed by atoms with Crippen LogP contribution in [0.4, 0.5) is 0 Å². The lowest BCUT2D eigenvalue weighted by Crippen LogP contribution is -2.11. The average Bonchev–Trinajstić information content (AvgIpc) is 2.46. The number of carboxylic acids is 2. The van der Waals surface area contributed by atoms with Crippen LogP contribution in [0, 0.1) is 0 Å². The molecule has 0 saturated carbocycles. The minimum Gasteiger partial charge on any atom is -0.478 e. The van der Waals surface area contributed by atoms with E-state index in [9.17, 15) is 19.8 Å². The van der Waals surface area contributed by atoms with Gasteiger partial charge in [0.15, 0.2) is 0 Å². The molecule has 0 aliphatic heterocycles. The van der Waals surface area contributed by atoms with Crippen LogP contribution in [0.15, 0.2) is 42.5 Å². The van der Waals surface area contributed by atoms with E-state index in [0.29, 0.717) is 17.5 Å². The van der Waals surface area contributed by atoms with Crippen molar-refractivity contribution in [2.24, 2.45) is 0 Å². The number of aromatic carboxylic acids is 2. The number of hydrogen-bond donors (Lipinski definition) is 2. The van der Waals surface area contributed by atoms with Crippen molar-refractivity contribution >= 4 is 11.9 Å². The summed E-state index contributed by atoms with van der Waals surface area (Å²) in [6, 6.07) is 12.1. The van der Waals surface area contributed by atoms with Gasteiger partial charge in [-0.15, -0.1) is 0 Å². The van der Waals surface area contributed by atoms with Crippen LogP contribution in [0.25, 0.3) is 11.1 Å². The molecule has 2 N–H and O–H groups in total. The molecule has 0 spiro atoms. The first-order valence-corrected chi connectivity index (χ1v) is 6.24. The molecule has 0 amide bonds. The number of hydrogen-bond acceptors (Lipinski definition) is 2. The molecule has 20 heavy (non-hydrogen) atoms. The van der Waals surface area contributed by atoms with Crippen molar-refractivity contribution in [3.63, 3.8) is 0 Å². The number of benzene rings is 2. The summed E-state index contributed by atoms with van der Waals surface area (Å²) >= 11 is 0. The Bertz CT molecular complexity index is 660. The van der Waals surface area contributed by atoms with Crippen molar-refractivity contribution in [1.82, 2.24) is 0 Å². The number of rotatable bonds is 4. The Morgan fingerprint density at radius 3 is 2.10 bits per heavy atom. The highest BCUT2D eigenvalue weighted by molar-refractivity contribution is 6.02.